The van der Waals surface area contributed by atoms with Gasteiger partial charge in [0.2, 0.25) is 0 Å². The van der Waals surface area contributed by atoms with E-state index in [1.54, 1.807) is 30.5 Å². The van der Waals surface area contributed by atoms with Crippen LogP contribution < -0.4 is 0 Å². The van der Waals surface area contributed by atoms with Crippen molar-refractivity contribution in [2.75, 3.05) is 0 Å². The third-order valence-electron chi connectivity index (χ3n) is 4.50. The van der Waals surface area contributed by atoms with E-state index in [9.17, 15) is 18.3 Å². The summed E-state index contributed by atoms with van der Waals surface area (Å²) in [4.78, 5) is 4.15. The first kappa shape index (κ1) is 15.0. The van der Waals surface area contributed by atoms with Crippen LogP contribution in [0.1, 0.15) is 42.2 Å². The van der Waals surface area contributed by atoms with Crippen molar-refractivity contribution in [3.63, 3.8) is 0 Å². The highest BCUT2D eigenvalue weighted by Crippen LogP contribution is 2.52. The first-order chi connectivity index (χ1) is 10.4. The van der Waals surface area contributed by atoms with E-state index < -0.39 is 23.3 Å². The quantitative estimate of drug-likeness (QED) is 0.919. The topological polar surface area (TPSA) is 33.1 Å². The zero-order chi connectivity index (χ0) is 15.8. The zero-order valence-corrected chi connectivity index (χ0v) is 11.8. The summed E-state index contributed by atoms with van der Waals surface area (Å²) in [6, 6.07) is 10.5. The number of aromatic nitrogens is 1. The van der Waals surface area contributed by atoms with Crippen molar-refractivity contribution in [3.05, 3.63) is 65.5 Å². The standard InChI is InChI=1S/C17H16F3NO/c18-17(19,20)13-6-3-5-12(11-13)16(8-4-9-16)15(22)14-7-1-2-10-21-14/h1-3,5-7,10-11,15,22H,4,8-9H2. The van der Waals surface area contributed by atoms with Gasteiger partial charge in [0.15, 0.2) is 0 Å². The summed E-state index contributed by atoms with van der Waals surface area (Å²) in [7, 11) is 0. The number of rotatable bonds is 3. The fraction of sp³-hybridized carbons (Fsp3) is 0.353. The molecule has 1 heterocycles. The van der Waals surface area contributed by atoms with Crippen LogP contribution in [0, 0.1) is 0 Å². The molecule has 0 saturated heterocycles. The molecule has 1 aliphatic carbocycles. The highest BCUT2D eigenvalue weighted by molar-refractivity contribution is 5.36. The fourth-order valence-electron chi connectivity index (χ4n) is 3.10. The summed E-state index contributed by atoms with van der Waals surface area (Å²) in [6.45, 7) is 0. The number of halogens is 3. The van der Waals surface area contributed by atoms with Gasteiger partial charge in [-0.05, 0) is 36.6 Å². The Morgan fingerprint density at radius 2 is 1.86 bits per heavy atom. The third kappa shape index (κ3) is 2.50. The molecule has 22 heavy (non-hydrogen) atoms. The van der Waals surface area contributed by atoms with E-state index in [2.05, 4.69) is 4.98 Å². The predicted octanol–water partition coefficient (Wildman–Crippen LogP) is 4.26. The Balaban J connectivity index is 2.00. The summed E-state index contributed by atoms with van der Waals surface area (Å²) in [6.07, 6.45) is -1.49. The molecular formula is C17H16F3NO. The lowest BCUT2D eigenvalue weighted by Gasteiger charge is -2.46. The lowest BCUT2D eigenvalue weighted by Crippen LogP contribution is -2.41. The molecule has 1 aromatic heterocycles. The average Bonchev–Trinajstić information content (AvgIpc) is 2.46. The molecule has 1 atom stereocenters. The van der Waals surface area contributed by atoms with Crippen LogP contribution in [0.4, 0.5) is 13.2 Å². The summed E-state index contributed by atoms with van der Waals surface area (Å²) < 4.78 is 38.8. The zero-order valence-electron chi connectivity index (χ0n) is 11.8. The second-order valence-electron chi connectivity index (χ2n) is 5.75. The van der Waals surface area contributed by atoms with E-state index >= 15 is 0 Å². The van der Waals surface area contributed by atoms with E-state index in [-0.39, 0.29) is 0 Å². The van der Waals surface area contributed by atoms with Crippen LogP contribution >= 0.6 is 0 Å². The molecule has 5 heteroatoms. The van der Waals surface area contributed by atoms with Gasteiger partial charge in [0.1, 0.15) is 6.10 Å². The maximum absolute atomic E-state index is 12.9. The first-order valence-corrected chi connectivity index (χ1v) is 7.20. The van der Waals surface area contributed by atoms with Crippen molar-refractivity contribution in [3.8, 4) is 0 Å². The number of alkyl halides is 3. The van der Waals surface area contributed by atoms with Gasteiger partial charge in [-0.3, -0.25) is 4.98 Å². The maximum atomic E-state index is 12.9. The number of hydrogen-bond donors (Lipinski definition) is 1. The highest BCUT2D eigenvalue weighted by Gasteiger charge is 2.46. The number of hydrogen-bond acceptors (Lipinski definition) is 2. The minimum absolute atomic E-state index is 0.500. The van der Waals surface area contributed by atoms with E-state index in [0.29, 0.717) is 24.1 Å². The minimum Gasteiger partial charge on any atom is -0.386 e. The van der Waals surface area contributed by atoms with Gasteiger partial charge >= 0.3 is 6.18 Å². The Morgan fingerprint density at radius 1 is 1.09 bits per heavy atom. The van der Waals surface area contributed by atoms with Gasteiger partial charge in [-0.25, -0.2) is 0 Å². The van der Waals surface area contributed by atoms with Crippen LogP contribution in [0.15, 0.2) is 48.7 Å². The molecular weight excluding hydrogens is 291 g/mol. The molecule has 2 nitrogen and oxygen atoms in total. The van der Waals surface area contributed by atoms with Gasteiger partial charge in [-0.2, -0.15) is 13.2 Å². The van der Waals surface area contributed by atoms with Crippen molar-refractivity contribution >= 4 is 0 Å². The van der Waals surface area contributed by atoms with Gasteiger partial charge < -0.3 is 5.11 Å². The molecule has 1 N–H and O–H groups in total. The van der Waals surface area contributed by atoms with Crippen LogP contribution in [0.5, 0.6) is 0 Å². The largest absolute Gasteiger partial charge is 0.416 e. The van der Waals surface area contributed by atoms with E-state index in [0.717, 1.165) is 18.6 Å². The van der Waals surface area contributed by atoms with Gasteiger partial charge in [0.05, 0.1) is 11.3 Å². The molecule has 0 amide bonds. The Hall–Kier alpha value is -1.88. The maximum Gasteiger partial charge on any atom is 0.416 e. The summed E-state index contributed by atoms with van der Waals surface area (Å²) in [5.74, 6) is 0. The molecule has 0 aliphatic heterocycles. The van der Waals surface area contributed by atoms with Crippen LogP contribution in [0.25, 0.3) is 0 Å². The van der Waals surface area contributed by atoms with Crippen LogP contribution in [-0.2, 0) is 11.6 Å². The minimum atomic E-state index is -4.38. The van der Waals surface area contributed by atoms with Crippen molar-refractivity contribution in [1.82, 2.24) is 4.98 Å². The lowest BCUT2D eigenvalue weighted by atomic mass is 9.60. The molecule has 1 unspecified atom stereocenters. The first-order valence-electron chi connectivity index (χ1n) is 7.20. The summed E-state index contributed by atoms with van der Waals surface area (Å²) in [5, 5.41) is 10.7. The van der Waals surface area contributed by atoms with Gasteiger partial charge in [0, 0.05) is 11.6 Å². The average molecular weight is 307 g/mol. The van der Waals surface area contributed by atoms with Crippen molar-refractivity contribution in [2.24, 2.45) is 0 Å². The van der Waals surface area contributed by atoms with Crippen molar-refractivity contribution in [1.29, 1.82) is 0 Å². The Kier molecular flexibility index (Phi) is 3.68. The molecule has 0 radical (unpaired) electrons. The number of aliphatic hydroxyl groups excluding tert-OH is 1. The molecule has 1 fully saturated rings. The normalized spacial score (nSPS) is 18.5. The molecule has 116 valence electrons. The highest BCUT2D eigenvalue weighted by atomic mass is 19.4. The van der Waals surface area contributed by atoms with E-state index in [1.165, 1.54) is 6.07 Å². The molecule has 3 rings (SSSR count). The Bertz CT molecular complexity index is 650. The Morgan fingerprint density at radius 3 is 2.41 bits per heavy atom. The monoisotopic (exact) mass is 307 g/mol. The van der Waals surface area contributed by atoms with Crippen molar-refractivity contribution in [2.45, 2.75) is 37.0 Å². The number of aliphatic hydroxyl groups is 1. The molecule has 1 aliphatic rings. The lowest BCUT2D eigenvalue weighted by molar-refractivity contribution is -0.137. The molecule has 0 bridgehead atoms. The third-order valence-corrected chi connectivity index (χ3v) is 4.50. The summed E-state index contributed by atoms with van der Waals surface area (Å²) in [5.41, 5.74) is -0.314. The van der Waals surface area contributed by atoms with Crippen LogP contribution in [0.3, 0.4) is 0 Å². The number of benzene rings is 1. The SMILES string of the molecule is OC(c1ccccn1)C1(c2cccc(C(F)(F)F)c2)CCC1. The second kappa shape index (κ2) is 5.39. The number of nitrogens with zero attached hydrogens (tertiary/aromatic N) is 1. The smallest absolute Gasteiger partial charge is 0.386 e. The van der Waals surface area contributed by atoms with Gasteiger partial charge in [0.25, 0.3) is 0 Å². The fourth-order valence-corrected chi connectivity index (χ4v) is 3.10. The second-order valence-corrected chi connectivity index (χ2v) is 5.75. The Labute approximate surface area is 126 Å². The van der Waals surface area contributed by atoms with Crippen LogP contribution in [0.2, 0.25) is 0 Å². The van der Waals surface area contributed by atoms with Gasteiger partial charge in [-0.15, -0.1) is 0 Å². The van der Waals surface area contributed by atoms with Crippen LogP contribution in [-0.4, -0.2) is 10.1 Å². The molecule has 2 aromatic rings. The molecule has 0 spiro atoms. The van der Waals surface area contributed by atoms with E-state index in [4.69, 9.17) is 0 Å². The number of pyridine rings is 1. The molecule has 1 aromatic carbocycles. The van der Waals surface area contributed by atoms with Gasteiger partial charge in [-0.1, -0.05) is 30.7 Å². The predicted molar refractivity (Wildman–Crippen MR) is 76.2 cm³/mol. The summed E-state index contributed by atoms with van der Waals surface area (Å²) >= 11 is 0. The van der Waals surface area contributed by atoms with Crippen molar-refractivity contribution < 1.29 is 18.3 Å². The van der Waals surface area contributed by atoms with E-state index in [1.807, 2.05) is 0 Å². The molecule has 1 saturated carbocycles.